The first-order valence-electron chi connectivity index (χ1n) is 5.55. The van der Waals surface area contributed by atoms with E-state index in [1.54, 1.807) is 7.11 Å². The molecule has 0 saturated carbocycles. The summed E-state index contributed by atoms with van der Waals surface area (Å²) >= 11 is 0. The topological polar surface area (TPSA) is 44.7 Å². The van der Waals surface area contributed by atoms with E-state index in [-0.39, 0.29) is 6.10 Å². The minimum Gasteiger partial charge on any atom is -0.497 e. The number of rotatable bonds is 3. The third-order valence-electron chi connectivity index (χ3n) is 2.73. The zero-order chi connectivity index (χ0) is 11.5. The lowest BCUT2D eigenvalue weighted by Gasteiger charge is -2.33. The minimum atomic E-state index is -0.322. The van der Waals surface area contributed by atoms with E-state index in [2.05, 4.69) is 10.2 Å². The second-order valence-electron chi connectivity index (χ2n) is 4.10. The highest BCUT2D eigenvalue weighted by Gasteiger charge is 2.18. The molecule has 88 valence electrons. The Balaban J connectivity index is 2.28. The number of methoxy groups -OCH3 is 1. The predicted octanol–water partition coefficient (Wildman–Crippen LogP) is 1.31. The smallest absolute Gasteiger partial charge is 0.121 e. The highest BCUT2D eigenvalue weighted by atomic mass is 16.5. The first kappa shape index (κ1) is 11.1. The third kappa shape index (κ3) is 2.22. The second-order valence-corrected chi connectivity index (χ2v) is 4.10. The van der Waals surface area contributed by atoms with Crippen molar-refractivity contribution in [2.75, 3.05) is 37.0 Å². The number of nitrogens with zero attached hydrogens (tertiary/aromatic N) is 1. The molecule has 4 heteroatoms. The van der Waals surface area contributed by atoms with Gasteiger partial charge >= 0.3 is 0 Å². The van der Waals surface area contributed by atoms with Gasteiger partial charge in [-0.15, -0.1) is 0 Å². The van der Waals surface area contributed by atoms with Crippen LogP contribution in [0.1, 0.15) is 6.92 Å². The SMILES string of the molecule is COc1ccc2c(c1)N(CC(C)O)CCN2. The van der Waals surface area contributed by atoms with Gasteiger partial charge in [0.25, 0.3) is 0 Å². The number of benzene rings is 1. The molecule has 4 nitrogen and oxygen atoms in total. The van der Waals surface area contributed by atoms with E-state index in [1.807, 2.05) is 25.1 Å². The molecule has 16 heavy (non-hydrogen) atoms. The molecule has 1 heterocycles. The number of β-amino-alcohol motifs (C(OH)–C–C–N with tert-alkyl or cyclic N) is 1. The van der Waals surface area contributed by atoms with Crippen molar-refractivity contribution < 1.29 is 9.84 Å². The predicted molar refractivity (Wildman–Crippen MR) is 65.4 cm³/mol. The van der Waals surface area contributed by atoms with Crippen LogP contribution in [0.5, 0.6) is 5.75 Å². The fourth-order valence-corrected chi connectivity index (χ4v) is 2.00. The summed E-state index contributed by atoms with van der Waals surface area (Å²) in [4.78, 5) is 2.18. The van der Waals surface area contributed by atoms with Crippen molar-refractivity contribution in [1.29, 1.82) is 0 Å². The summed E-state index contributed by atoms with van der Waals surface area (Å²) in [6.07, 6.45) is -0.322. The second kappa shape index (κ2) is 4.61. The van der Waals surface area contributed by atoms with E-state index in [9.17, 15) is 5.11 Å². The molecule has 0 saturated heterocycles. The summed E-state index contributed by atoms with van der Waals surface area (Å²) in [6, 6.07) is 5.96. The Morgan fingerprint density at radius 1 is 1.56 bits per heavy atom. The van der Waals surface area contributed by atoms with Crippen LogP contribution in [0.4, 0.5) is 11.4 Å². The Morgan fingerprint density at radius 3 is 3.06 bits per heavy atom. The first-order chi connectivity index (χ1) is 7.70. The Hall–Kier alpha value is -1.42. The standard InChI is InChI=1S/C12H18N2O2/c1-9(15)8-14-6-5-13-11-4-3-10(16-2)7-12(11)14/h3-4,7,9,13,15H,5-6,8H2,1-2H3. The Morgan fingerprint density at radius 2 is 2.38 bits per heavy atom. The maximum atomic E-state index is 9.46. The van der Waals surface area contributed by atoms with Crippen molar-refractivity contribution in [2.24, 2.45) is 0 Å². The third-order valence-corrected chi connectivity index (χ3v) is 2.73. The van der Waals surface area contributed by atoms with Crippen molar-refractivity contribution in [3.63, 3.8) is 0 Å². The van der Waals surface area contributed by atoms with Crippen molar-refractivity contribution in [2.45, 2.75) is 13.0 Å². The van der Waals surface area contributed by atoms with Crippen molar-refractivity contribution in [3.8, 4) is 5.75 Å². The molecule has 1 atom stereocenters. The molecule has 1 aromatic carbocycles. The number of ether oxygens (including phenoxy) is 1. The number of nitrogens with one attached hydrogen (secondary N) is 1. The van der Waals surface area contributed by atoms with Gasteiger partial charge in [0.1, 0.15) is 5.75 Å². The molecule has 0 amide bonds. The maximum Gasteiger partial charge on any atom is 0.121 e. The van der Waals surface area contributed by atoms with Crippen molar-refractivity contribution in [3.05, 3.63) is 18.2 Å². The molecule has 0 spiro atoms. The lowest BCUT2D eigenvalue weighted by atomic mass is 10.1. The molecule has 1 aliphatic rings. The molecular weight excluding hydrogens is 204 g/mol. The molecule has 2 rings (SSSR count). The molecule has 2 N–H and O–H groups in total. The molecule has 0 aromatic heterocycles. The van der Waals surface area contributed by atoms with Gasteiger partial charge in [-0.3, -0.25) is 0 Å². The van der Waals surface area contributed by atoms with Crippen LogP contribution in [0.25, 0.3) is 0 Å². The van der Waals surface area contributed by atoms with E-state index in [0.717, 1.165) is 30.2 Å². The summed E-state index contributed by atoms with van der Waals surface area (Å²) in [5, 5.41) is 12.8. The minimum absolute atomic E-state index is 0.322. The molecule has 1 aliphatic heterocycles. The van der Waals surface area contributed by atoms with E-state index in [1.165, 1.54) is 0 Å². The van der Waals surface area contributed by atoms with Gasteiger partial charge in [-0.25, -0.2) is 0 Å². The number of anilines is 2. The van der Waals surface area contributed by atoms with Gasteiger partial charge in [-0.2, -0.15) is 0 Å². The molecule has 0 radical (unpaired) electrons. The summed E-state index contributed by atoms with van der Waals surface area (Å²) in [7, 11) is 1.66. The van der Waals surface area contributed by atoms with Gasteiger partial charge in [-0.1, -0.05) is 0 Å². The van der Waals surface area contributed by atoms with E-state index >= 15 is 0 Å². The van der Waals surface area contributed by atoms with Gasteiger partial charge in [0, 0.05) is 25.7 Å². The van der Waals surface area contributed by atoms with Crippen LogP contribution in [0.3, 0.4) is 0 Å². The Kier molecular flexibility index (Phi) is 3.19. The lowest BCUT2D eigenvalue weighted by molar-refractivity contribution is 0.200. The summed E-state index contributed by atoms with van der Waals surface area (Å²) in [5.41, 5.74) is 2.21. The average molecular weight is 222 g/mol. The van der Waals surface area contributed by atoms with E-state index in [4.69, 9.17) is 4.74 Å². The fourth-order valence-electron chi connectivity index (χ4n) is 2.00. The summed E-state index contributed by atoms with van der Waals surface area (Å²) < 4.78 is 5.22. The summed E-state index contributed by atoms with van der Waals surface area (Å²) in [5.74, 6) is 0.845. The van der Waals surface area contributed by atoms with Gasteiger partial charge in [0.15, 0.2) is 0 Å². The highest BCUT2D eigenvalue weighted by molar-refractivity contribution is 5.73. The van der Waals surface area contributed by atoms with Crippen molar-refractivity contribution >= 4 is 11.4 Å². The number of fused-ring (bicyclic) bond motifs is 1. The number of hydrogen-bond acceptors (Lipinski definition) is 4. The van der Waals surface area contributed by atoms with E-state index in [0.29, 0.717) is 6.54 Å². The zero-order valence-corrected chi connectivity index (χ0v) is 9.73. The van der Waals surface area contributed by atoms with Crippen LogP contribution in [-0.2, 0) is 0 Å². The number of aliphatic hydroxyl groups is 1. The van der Waals surface area contributed by atoms with Gasteiger partial charge in [0.2, 0.25) is 0 Å². The average Bonchev–Trinajstić information content (AvgIpc) is 2.28. The molecule has 0 aliphatic carbocycles. The number of hydrogen-bond donors (Lipinski definition) is 2. The van der Waals surface area contributed by atoms with Crippen LogP contribution in [0, 0.1) is 0 Å². The highest BCUT2D eigenvalue weighted by Crippen LogP contribution is 2.32. The monoisotopic (exact) mass is 222 g/mol. The van der Waals surface area contributed by atoms with E-state index < -0.39 is 0 Å². The number of aliphatic hydroxyl groups excluding tert-OH is 1. The molecule has 0 bridgehead atoms. The Bertz CT molecular complexity index is 366. The van der Waals surface area contributed by atoms with Gasteiger partial charge in [0.05, 0.1) is 24.6 Å². The quantitative estimate of drug-likeness (QED) is 0.809. The zero-order valence-electron chi connectivity index (χ0n) is 9.73. The van der Waals surface area contributed by atoms with Crippen LogP contribution in [0.2, 0.25) is 0 Å². The maximum absolute atomic E-state index is 9.46. The first-order valence-corrected chi connectivity index (χ1v) is 5.55. The molecular formula is C12H18N2O2. The Labute approximate surface area is 95.8 Å². The van der Waals surface area contributed by atoms with Gasteiger partial charge in [-0.05, 0) is 19.1 Å². The van der Waals surface area contributed by atoms with Crippen LogP contribution < -0.4 is 15.0 Å². The summed E-state index contributed by atoms with van der Waals surface area (Å²) in [6.45, 7) is 4.28. The largest absolute Gasteiger partial charge is 0.497 e. The van der Waals surface area contributed by atoms with Gasteiger partial charge < -0.3 is 20.1 Å². The van der Waals surface area contributed by atoms with Crippen LogP contribution in [-0.4, -0.2) is 38.0 Å². The molecule has 1 unspecified atom stereocenters. The van der Waals surface area contributed by atoms with Crippen LogP contribution in [0.15, 0.2) is 18.2 Å². The molecule has 0 fully saturated rings. The lowest BCUT2D eigenvalue weighted by Crippen LogP contribution is -2.38. The normalized spacial score (nSPS) is 16.3. The fraction of sp³-hybridized carbons (Fsp3) is 0.500. The van der Waals surface area contributed by atoms with Crippen LogP contribution >= 0.6 is 0 Å². The van der Waals surface area contributed by atoms with Crippen molar-refractivity contribution in [1.82, 2.24) is 0 Å². The molecule has 1 aromatic rings.